The molecule has 2 aromatic rings. The third kappa shape index (κ3) is 4.01. The van der Waals surface area contributed by atoms with Crippen LogP contribution in [0.2, 0.25) is 0 Å². The quantitative estimate of drug-likeness (QED) is 0.365. The van der Waals surface area contributed by atoms with Crippen molar-refractivity contribution in [3.8, 4) is 5.75 Å². The van der Waals surface area contributed by atoms with Gasteiger partial charge in [-0.25, -0.2) is 8.78 Å². The summed E-state index contributed by atoms with van der Waals surface area (Å²) in [5.41, 5.74) is -3.30. The number of aromatic nitrogens is 1. The van der Waals surface area contributed by atoms with E-state index in [1.807, 2.05) is 13.8 Å². The SMILES string of the molecule is CC.COc1c2n(cc(C(=N)SC(=N)Cc3ccc(F)cc3F)c1=O)N(C)C1(CCC3CC31C(=O)O)N(C)C2=O. The molecule has 0 bridgehead atoms. The van der Waals surface area contributed by atoms with Crippen LogP contribution < -0.4 is 15.2 Å². The zero-order valence-electron chi connectivity index (χ0n) is 22.8. The molecule has 214 valence electrons. The van der Waals surface area contributed by atoms with Crippen molar-refractivity contribution >= 4 is 33.7 Å². The number of nitrogens with zero attached hydrogens (tertiary/aromatic N) is 3. The van der Waals surface area contributed by atoms with Gasteiger partial charge in [-0.2, -0.15) is 0 Å². The van der Waals surface area contributed by atoms with Gasteiger partial charge in [-0.05, 0) is 36.8 Å². The first-order valence-corrected chi connectivity index (χ1v) is 13.6. The van der Waals surface area contributed by atoms with Crippen LogP contribution in [0.25, 0.3) is 0 Å². The summed E-state index contributed by atoms with van der Waals surface area (Å²) in [5.74, 6) is -3.53. The highest BCUT2D eigenvalue weighted by Gasteiger charge is 2.80. The Labute approximate surface area is 233 Å². The topological polar surface area (TPSA) is 140 Å². The van der Waals surface area contributed by atoms with Gasteiger partial charge in [0.2, 0.25) is 5.43 Å². The van der Waals surface area contributed by atoms with Gasteiger partial charge in [0, 0.05) is 32.8 Å². The Morgan fingerprint density at radius 1 is 1.23 bits per heavy atom. The van der Waals surface area contributed by atoms with E-state index in [1.165, 1.54) is 36.0 Å². The molecule has 5 rings (SSSR count). The number of halogens is 2. The number of benzene rings is 1. The molecule has 3 atom stereocenters. The molecule has 1 aromatic carbocycles. The van der Waals surface area contributed by atoms with E-state index in [2.05, 4.69) is 0 Å². The standard InChI is InChI=1S/C25H25F2N5O5S.C2H6/c1-30-22(34)18-20(37-3)19(33)15(21(29)38-17(28)8-12-4-5-14(26)9-16(12)27)11-32(18)31(2)25(30)7-6-13-10-24(13,25)23(35)36;1-2/h4-5,9,11,13,28-29H,6-8,10H2,1-3H3,(H,35,36);1-2H3. The lowest BCUT2D eigenvalue weighted by Gasteiger charge is -2.54. The van der Waals surface area contributed by atoms with E-state index in [1.54, 1.807) is 12.1 Å². The minimum absolute atomic E-state index is 0.0611. The molecule has 13 heteroatoms. The molecule has 2 heterocycles. The Balaban J connectivity index is 0.00000181. The smallest absolute Gasteiger partial charge is 0.314 e. The number of pyridine rings is 1. The number of methoxy groups -OCH3 is 1. The normalized spacial score (nSPS) is 24.2. The molecule has 2 aliphatic carbocycles. The monoisotopic (exact) mass is 575 g/mol. The number of carbonyl (C=O) groups excluding carboxylic acids is 1. The number of carboxylic acids is 1. The predicted octanol–water partition coefficient (Wildman–Crippen LogP) is 3.67. The molecule has 0 saturated heterocycles. The van der Waals surface area contributed by atoms with Gasteiger partial charge in [-0.1, -0.05) is 31.7 Å². The first-order chi connectivity index (χ1) is 18.9. The third-order valence-electron chi connectivity index (χ3n) is 8.15. The van der Waals surface area contributed by atoms with E-state index in [0.717, 1.165) is 6.07 Å². The summed E-state index contributed by atoms with van der Waals surface area (Å²) in [4.78, 5) is 40.8. The van der Waals surface area contributed by atoms with Crippen molar-refractivity contribution in [2.75, 3.05) is 26.2 Å². The Bertz CT molecular complexity index is 1500. The largest absolute Gasteiger partial charge is 0.491 e. The van der Waals surface area contributed by atoms with E-state index >= 15 is 0 Å². The average Bonchev–Trinajstić information content (AvgIpc) is 3.57. The fourth-order valence-corrected chi connectivity index (χ4v) is 6.98. The minimum Gasteiger partial charge on any atom is -0.491 e. The average molecular weight is 576 g/mol. The number of thioether (sulfide) groups is 1. The van der Waals surface area contributed by atoms with Gasteiger partial charge < -0.3 is 14.7 Å². The maximum absolute atomic E-state index is 14.0. The van der Waals surface area contributed by atoms with Crippen LogP contribution >= 0.6 is 11.8 Å². The molecule has 10 nitrogen and oxygen atoms in total. The zero-order valence-corrected chi connectivity index (χ0v) is 23.6. The summed E-state index contributed by atoms with van der Waals surface area (Å²) in [7, 11) is 4.39. The maximum Gasteiger partial charge on any atom is 0.314 e. The summed E-state index contributed by atoms with van der Waals surface area (Å²) >= 11 is 0.613. The van der Waals surface area contributed by atoms with Crippen molar-refractivity contribution in [1.82, 2.24) is 9.58 Å². The van der Waals surface area contributed by atoms with E-state index < -0.39 is 40.0 Å². The number of hydrogen-bond acceptors (Lipinski definition) is 8. The second kappa shape index (κ2) is 10.3. The number of rotatable bonds is 5. The fraction of sp³-hybridized carbons (Fsp3) is 0.444. The van der Waals surface area contributed by atoms with E-state index in [9.17, 15) is 28.3 Å². The Morgan fingerprint density at radius 3 is 2.48 bits per heavy atom. The van der Waals surface area contributed by atoms with E-state index in [-0.39, 0.29) is 45.0 Å². The Hall–Kier alpha value is -3.74. The van der Waals surface area contributed by atoms with Crippen molar-refractivity contribution < 1.29 is 28.2 Å². The maximum atomic E-state index is 14.0. The second-order valence-corrected chi connectivity index (χ2v) is 10.9. The van der Waals surface area contributed by atoms with Crippen molar-refractivity contribution in [3.63, 3.8) is 0 Å². The molecule has 2 fully saturated rings. The van der Waals surface area contributed by atoms with Gasteiger partial charge in [0.25, 0.3) is 5.91 Å². The van der Waals surface area contributed by atoms with Gasteiger partial charge in [0.15, 0.2) is 11.4 Å². The number of fused-ring (bicyclic) bond motifs is 3. The number of aliphatic carboxylic acids is 1. The van der Waals surface area contributed by atoms with Crippen LogP contribution in [0.4, 0.5) is 8.78 Å². The number of carbonyl (C=O) groups is 2. The minimum atomic E-state index is -1.19. The lowest BCUT2D eigenvalue weighted by molar-refractivity contribution is -0.150. The Morgan fingerprint density at radius 2 is 1.90 bits per heavy atom. The Kier molecular flexibility index (Phi) is 7.56. The van der Waals surface area contributed by atoms with Crippen molar-refractivity contribution in [2.45, 2.75) is 45.2 Å². The van der Waals surface area contributed by atoms with Crippen LogP contribution in [-0.2, 0) is 11.2 Å². The molecule has 40 heavy (non-hydrogen) atoms. The molecule has 3 unspecified atom stereocenters. The predicted molar refractivity (Wildman–Crippen MR) is 147 cm³/mol. The van der Waals surface area contributed by atoms with E-state index in [4.69, 9.17) is 15.6 Å². The third-order valence-corrected chi connectivity index (χ3v) is 8.96. The highest BCUT2D eigenvalue weighted by atomic mass is 32.2. The molecule has 1 aromatic heterocycles. The summed E-state index contributed by atoms with van der Waals surface area (Å²) in [6.07, 6.45) is 2.52. The lowest BCUT2D eigenvalue weighted by Crippen LogP contribution is -2.72. The summed E-state index contributed by atoms with van der Waals surface area (Å²) in [6.45, 7) is 4.00. The molecule has 1 aliphatic heterocycles. The van der Waals surface area contributed by atoms with Gasteiger partial charge in [0.1, 0.15) is 27.8 Å². The molecular weight excluding hydrogens is 544 g/mol. The van der Waals surface area contributed by atoms with Gasteiger partial charge >= 0.3 is 5.97 Å². The highest BCUT2D eigenvalue weighted by molar-refractivity contribution is 8.26. The molecular formula is C27H31F2N5O5S. The summed E-state index contributed by atoms with van der Waals surface area (Å²) < 4.78 is 34.0. The molecule has 1 amide bonds. The van der Waals surface area contributed by atoms with Crippen LogP contribution in [0.1, 0.15) is 54.7 Å². The molecule has 2 saturated carbocycles. The van der Waals surface area contributed by atoms with Crippen molar-refractivity contribution in [1.29, 1.82) is 10.8 Å². The van der Waals surface area contributed by atoms with Gasteiger partial charge in [-0.15, -0.1) is 0 Å². The fourth-order valence-electron chi connectivity index (χ4n) is 6.25. The van der Waals surface area contributed by atoms with Gasteiger partial charge in [0.05, 0.1) is 17.7 Å². The zero-order chi connectivity index (χ0) is 29.7. The second-order valence-electron chi connectivity index (χ2n) is 9.79. The van der Waals surface area contributed by atoms with Crippen molar-refractivity contribution in [2.24, 2.45) is 11.3 Å². The van der Waals surface area contributed by atoms with Crippen LogP contribution in [-0.4, -0.2) is 63.5 Å². The molecule has 3 N–H and O–H groups in total. The van der Waals surface area contributed by atoms with Crippen LogP contribution in [0.3, 0.4) is 0 Å². The number of hydrogen-bond donors (Lipinski definition) is 3. The van der Waals surface area contributed by atoms with Crippen molar-refractivity contribution in [3.05, 3.63) is 63.1 Å². The highest BCUT2D eigenvalue weighted by Crippen LogP contribution is 2.71. The van der Waals surface area contributed by atoms with Crippen LogP contribution in [0, 0.1) is 33.8 Å². The number of ether oxygens (including phenoxy) is 1. The first-order valence-electron chi connectivity index (χ1n) is 12.8. The molecule has 1 spiro atoms. The molecule has 0 radical (unpaired) electrons. The molecule has 3 aliphatic rings. The number of nitrogens with one attached hydrogen (secondary N) is 2. The van der Waals surface area contributed by atoms with E-state index in [0.29, 0.717) is 37.1 Å². The van der Waals surface area contributed by atoms with Crippen LogP contribution in [0.15, 0.2) is 29.2 Å². The number of amides is 1. The lowest BCUT2D eigenvalue weighted by atomic mass is 9.86. The summed E-state index contributed by atoms with van der Waals surface area (Å²) in [6, 6.07) is 2.98. The van der Waals surface area contributed by atoms with Crippen LogP contribution in [0.5, 0.6) is 5.75 Å². The summed E-state index contributed by atoms with van der Waals surface area (Å²) in [5, 5.41) is 28.1. The number of carboxylic acid groups (broad SMARTS) is 1. The first kappa shape index (κ1) is 29.2. The van der Waals surface area contributed by atoms with Gasteiger partial charge in [-0.3, -0.25) is 34.9 Å².